The van der Waals surface area contributed by atoms with Gasteiger partial charge in [0.15, 0.2) is 6.10 Å². The van der Waals surface area contributed by atoms with Crippen LogP contribution in [0.15, 0.2) is 122 Å². The highest BCUT2D eigenvalue weighted by Gasteiger charge is 2.19. The quantitative estimate of drug-likeness (QED) is 0.0199. The van der Waals surface area contributed by atoms with Gasteiger partial charge in [0.25, 0.3) is 0 Å². The second kappa shape index (κ2) is 51.4. The summed E-state index contributed by atoms with van der Waals surface area (Å²) in [5.41, 5.74) is 0. The van der Waals surface area contributed by atoms with Crippen LogP contribution in [0.1, 0.15) is 207 Å². The van der Waals surface area contributed by atoms with Crippen molar-refractivity contribution < 1.29 is 28.6 Å². The van der Waals surface area contributed by atoms with E-state index in [9.17, 15) is 14.4 Å². The van der Waals surface area contributed by atoms with Crippen molar-refractivity contribution in [2.75, 3.05) is 13.2 Å². The summed E-state index contributed by atoms with van der Waals surface area (Å²) in [6.07, 6.45) is 70.4. The van der Waals surface area contributed by atoms with Crippen molar-refractivity contribution >= 4 is 17.9 Å². The fourth-order valence-electron chi connectivity index (χ4n) is 6.54. The highest BCUT2D eigenvalue weighted by Crippen LogP contribution is 2.13. The molecule has 0 saturated carbocycles. The molecule has 6 nitrogen and oxygen atoms in total. The number of ether oxygens (including phenoxy) is 3. The zero-order valence-corrected chi connectivity index (χ0v) is 41.0. The summed E-state index contributed by atoms with van der Waals surface area (Å²) in [5, 5.41) is 0. The van der Waals surface area contributed by atoms with Crippen LogP contribution < -0.4 is 0 Å². The Hall–Kier alpha value is -4.19. The van der Waals surface area contributed by atoms with Crippen LogP contribution in [0.2, 0.25) is 0 Å². The number of allylic oxidation sites excluding steroid dienone is 20. The Morgan fingerprint density at radius 2 is 0.641 bits per heavy atom. The van der Waals surface area contributed by atoms with Crippen LogP contribution in [0, 0.1) is 0 Å². The molecule has 0 N–H and O–H groups in total. The van der Waals surface area contributed by atoms with Gasteiger partial charge in [-0.15, -0.1) is 0 Å². The van der Waals surface area contributed by atoms with E-state index in [2.05, 4.69) is 106 Å². The summed E-state index contributed by atoms with van der Waals surface area (Å²) >= 11 is 0. The smallest absolute Gasteiger partial charge is 0.306 e. The summed E-state index contributed by atoms with van der Waals surface area (Å²) in [5.74, 6) is -0.975. The number of unbranched alkanes of at least 4 members (excludes halogenated alkanes) is 16. The van der Waals surface area contributed by atoms with Gasteiger partial charge in [0, 0.05) is 19.3 Å². The van der Waals surface area contributed by atoms with Gasteiger partial charge in [-0.05, 0) is 103 Å². The van der Waals surface area contributed by atoms with Gasteiger partial charge in [0.2, 0.25) is 0 Å². The molecule has 0 fully saturated rings. The van der Waals surface area contributed by atoms with Crippen molar-refractivity contribution in [1.82, 2.24) is 0 Å². The summed E-state index contributed by atoms with van der Waals surface area (Å²) in [4.78, 5) is 38.0. The second-order valence-electron chi connectivity index (χ2n) is 16.4. The molecule has 0 aromatic heterocycles. The predicted molar refractivity (Wildman–Crippen MR) is 274 cm³/mol. The number of hydrogen-bond donors (Lipinski definition) is 0. The van der Waals surface area contributed by atoms with Crippen LogP contribution >= 0.6 is 0 Å². The topological polar surface area (TPSA) is 78.9 Å². The number of carbonyl (C=O) groups excluding carboxylic acids is 3. The summed E-state index contributed by atoms with van der Waals surface area (Å²) in [6, 6.07) is 0. The Morgan fingerprint density at radius 3 is 1.08 bits per heavy atom. The van der Waals surface area contributed by atoms with Crippen molar-refractivity contribution in [3.05, 3.63) is 122 Å². The molecule has 0 bridgehead atoms. The molecule has 1 atom stereocenters. The fourth-order valence-corrected chi connectivity index (χ4v) is 6.54. The van der Waals surface area contributed by atoms with E-state index in [-0.39, 0.29) is 31.1 Å². The average Bonchev–Trinajstić information content (AvgIpc) is 3.29. The Morgan fingerprint density at radius 1 is 0.328 bits per heavy atom. The van der Waals surface area contributed by atoms with Crippen molar-refractivity contribution in [1.29, 1.82) is 0 Å². The lowest BCUT2D eigenvalue weighted by atomic mass is 10.1. The minimum atomic E-state index is -0.807. The SMILES string of the molecule is CC/C=C/C=C/C=C/C=C/CCCCCC(=O)OCC(COC(=O)CCCCCCCC/C=C/C/C=C/C/C=C/C/C=C/CC)OC(=O)CCCCCCCCC/C=C/C/C=C/CC. The van der Waals surface area contributed by atoms with E-state index >= 15 is 0 Å². The van der Waals surface area contributed by atoms with E-state index in [1.807, 2.05) is 36.5 Å². The van der Waals surface area contributed by atoms with E-state index < -0.39 is 6.10 Å². The lowest BCUT2D eigenvalue weighted by Gasteiger charge is -2.18. The number of hydrogen-bond acceptors (Lipinski definition) is 6. The Bertz CT molecular complexity index is 1390. The highest BCUT2D eigenvalue weighted by atomic mass is 16.6. The Labute approximate surface area is 392 Å². The van der Waals surface area contributed by atoms with Gasteiger partial charge in [-0.3, -0.25) is 14.4 Å². The van der Waals surface area contributed by atoms with Gasteiger partial charge in [0.05, 0.1) is 0 Å². The molecule has 1 unspecified atom stereocenters. The third kappa shape index (κ3) is 48.8. The fraction of sp³-hybridized carbons (Fsp3) is 0.603. The van der Waals surface area contributed by atoms with Gasteiger partial charge in [-0.25, -0.2) is 0 Å². The average molecular weight is 885 g/mol. The molecule has 0 rings (SSSR count). The first-order valence-corrected chi connectivity index (χ1v) is 25.6. The third-order valence-corrected chi connectivity index (χ3v) is 10.3. The zero-order valence-electron chi connectivity index (χ0n) is 41.0. The normalized spacial score (nSPS) is 13.1. The van der Waals surface area contributed by atoms with Gasteiger partial charge < -0.3 is 14.2 Å². The third-order valence-electron chi connectivity index (χ3n) is 10.3. The lowest BCUT2D eigenvalue weighted by molar-refractivity contribution is -0.167. The van der Waals surface area contributed by atoms with Crippen LogP contribution in [0.4, 0.5) is 0 Å². The Balaban J connectivity index is 4.47. The predicted octanol–water partition coefficient (Wildman–Crippen LogP) is 16.9. The minimum absolute atomic E-state index is 0.105. The molecule has 0 aliphatic rings. The van der Waals surface area contributed by atoms with Gasteiger partial charge in [-0.2, -0.15) is 0 Å². The van der Waals surface area contributed by atoms with E-state index in [0.717, 1.165) is 128 Å². The maximum absolute atomic E-state index is 12.8. The van der Waals surface area contributed by atoms with E-state index in [1.54, 1.807) is 0 Å². The number of rotatable bonds is 44. The van der Waals surface area contributed by atoms with Gasteiger partial charge in [-0.1, -0.05) is 206 Å². The van der Waals surface area contributed by atoms with Crippen molar-refractivity contribution in [3.63, 3.8) is 0 Å². The first-order chi connectivity index (χ1) is 31.5. The molecule has 0 amide bonds. The first kappa shape index (κ1) is 59.8. The van der Waals surface area contributed by atoms with E-state index in [1.165, 1.54) is 38.5 Å². The molecule has 0 aliphatic heterocycles. The van der Waals surface area contributed by atoms with Crippen LogP contribution in [0.3, 0.4) is 0 Å². The molecule has 0 spiro atoms. The largest absolute Gasteiger partial charge is 0.462 e. The Kier molecular flexibility index (Phi) is 48.1. The summed E-state index contributed by atoms with van der Waals surface area (Å²) < 4.78 is 16.7. The number of esters is 3. The molecular formula is C58H92O6. The molecule has 0 aromatic carbocycles. The number of carbonyl (C=O) groups is 3. The van der Waals surface area contributed by atoms with Crippen LogP contribution in [-0.2, 0) is 28.6 Å². The molecule has 0 aliphatic carbocycles. The maximum Gasteiger partial charge on any atom is 0.306 e. The van der Waals surface area contributed by atoms with Crippen molar-refractivity contribution in [3.8, 4) is 0 Å². The minimum Gasteiger partial charge on any atom is -0.462 e. The molecule has 64 heavy (non-hydrogen) atoms. The van der Waals surface area contributed by atoms with Crippen molar-refractivity contribution in [2.45, 2.75) is 213 Å². The second-order valence-corrected chi connectivity index (χ2v) is 16.4. The van der Waals surface area contributed by atoms with Crippen LogP contribution in [0.5, 0.6) is 0 Å². The summed E-state index contributed by atoms with van der Waals surface area (Å²) in [7, 11) is 0. The molecule has 0 aromatic rings. The molecule has 0 radical (unpaired) electrons. The van der Waals surface area contributed by atoms with Gasteiger partial charge >= 0.3 is 17.9 Å². The van der Waals surface area contributed by atoms with Gasteiger partial charge in [0.1, 0.15) is 13.2 Å². The molecule has 6 heteroatoms. The zero-order chi connectivity index (χ0) is 46.5. The standard InChI is InChI=1S/C58H92O6/c1-4-7-10-13-16-19-22-25-27-28-29-30-31-34-36-39-42-45-48-51-57(60)63-54-55(53-62-56(59)50-47-44-41-38-35-32-24-21-18-15-12-9-6-3)64-58(61)52-49-46-43-40-37-33-26-23-20-17-14-11-8-5-2/h7-12,15-21,24-25,27,29-30,32,35,55H,4-6,13-14,22-23,26,28,31,33-34,36-54H2,1-3H3/b10-7+,11-8+,12-9+,18-15+,19-16+,20-17+,24-21+,27-25+,30-29+,35-32+. The summed E-state index contributed by atoms with van der Waals surface area (Å²) in [6.45, 7) is 6.21. The molecule has 0 saturated heterocycles. The van der Waals surface area contributed by atoms with E-state index in [4.69, 9.17) is 14.2 Å². The van der Waals surface area contributed by atoms with E-state index in [0.29, 0.717) is 19.3 Å². The maximum atomic E-state index is 12.8. The molecule has 360 valence electrons. The molecular weight excluding hydrogens is 793 g/mol. The first-order valence-electron chi connectivity index (χ1n) is 25.6. The monoisotopic (exact) mass is 885 g/mol. The van der Waals surface area contributed by atoms with Crippen molar-refractivity contribution in [2.24, 2.45) is 0 Å². The highest BCUT2D eigenvalue weighted by molar-refractivity contribution is 5.71. The van der Waals surface area contributed by atoms with Crippen LogP contribution in [-0.4, -0.2) is 37.2 Å². The van der Waals surface area contributed by atoms with Crippen LogP contribution in [0.25, 0.3) is 0 Å². The molecule has 0 heterocycles. The lowest BCUT2D eigenvalue weighted by Crippen LogP contribution is -2.30.